The van der Waals surface area contributed by atoms with Crippen molar-refractivity contribution in [2.75, 3.05) is 5.73 Å². The average molecular weight is 419 g/mol. The number of aromatic hydroxyl groups is 1. The SMILES string of the molecule is Nc1ccc(/N=N/c2ccc(-c3ccc(O)cc3)cc2)c2ccc(S(=O)(=O)O)cc12. The van der Waals surface area contributed by atoms with Crippen molar-refractivity contribution >= 4 is 38.0 Å². The van der Waals surface area contributed by atoms with E-state index < -0.39 is 10.1 Å². The Morgan fingerprint density at radius 1 is 0.733 bits per heavy atom. The van der Waals surface area contributed by atoms with Gasteiger partial charge in [-0.05, 0) is 59.7 Å². The largest absolute Gasteiger partial charge is 0.508 e. The lowest BCUT2D eigenvalue weighted by Gasteiger charge is -2.06. The third kappa shape index (κ3) is 4.00. The topological polar surface area (TPSA) is 125 Å². The van der Waals surface area contributed by atoms with Gasteiger partial charge < -0.3 is 10.8 Å². The third-order valence-electron chi connectivity index (χ3n) is 4.64. The molecule has 4 N–H and O–H groups in total. The lowest BCUT2D eigenvalue weighted by Crippen LogP contribution is -1.98. The molecule has 0 amide bonds. The molecule has 0 bridgehead atoms. The van der Waals surface area contributed by atoms with Crippen LogP contribution in [0, 0.1) is 0 Å². The maximum absolute atomic E-state index is 11.4. The van der Waals surface area contributed by atoms with E-state index in [4.69, 9.17) is 5.73 Å². The highest BCUT2D eigenvalue weighted by Gasteiger charge is 2.12. The summed E-state index contributed by atoms with van der Waals surface area (Å²) in [6, 6.07) is 21.8. The van der Waals surface area contributed by atoms with Gasteiger partial charge in [0.25, 0.3) is 10.1 Å². The third-order valence-corrected chi connectivity index (χ3v) is 5.49. The molecule has 0 aliphatic rings. The van der Waals surface area contributed by atoms with Crippen LogP contribution >= 0.6 is 0 Å². The summed E-state index contributed by atoms with van der Waals surface area (Å²) in [6.45, 7) is 0. The van der Waals surface area contributed by atoms with Crippen molar-refractivity contribution in [3.05, 3.63) is 78.9 Å². The number of nitrogens with zero attached hydrogens (tertiary/aromatic N) is 2. The van der Waals surface area contributed by atoms with E-state index in [1.807, 2.05) is 36.4 Å². The standard InChI is InChI=1S/C22H17N3O4S/c23-21-11-12-22(19-10-9-18(13-20(19)21)30(27,28)29)25-24-16-5-1-14(2-6-16)15-3-7-17(26)8-4-15/h1-13,26H,23H2,(H,27,28,29)/b25-24+. The number of azo groups is 1. The fraction of sp³-hybridized carbons (Fsp3) is 0. The number of phenols is 1. The fourth-order valence-electron chi connectivity index (χ4n) is 3.07. The molecule has 0 unspecified atom stereocenters. The maximum atomic E-state index is 11.4. The molecule has 0 radical (unpaired) electrons. The zero-order chi connectivity index (χ0) is 21.3. The van der Waals surface area contributed by atoms with Crippen LogP contribution in [0.1, 0.15) is 0 Å². The first-order chi connectivity index (χ1) is 14.3. The molecule has 7 nitrogen and oxygen atoms in total. The molecule has 0 aliphatic carbocycles. The highest BCUT2D eigenvalue weighted by atomic mass is 32.2. The van der Waals surface area contributed by atoms with Gasteiger partial charge in [0, 0.05) is 16.5 Å². The zero-order valence-corrected chi connectivity index (χ0v) is 16.4. The van der Waals surface area contributed by atoms with E-state index in [-0.39, 0.29) is 10.6 Å². The number of rotatable bonds is 4. The number of nitrogens with two attached hydrogens (primary N) is 1. The molecule has 4 aromatic carbocycles. The minimum atomic E-state index is -4.33. The second-order valence-corrected chi connectivity index (χ2v) is 8.07. The first-order valence-electron chi connectivity index (χ1n) is 8.92. The Balaban J connectivity index is 1.65. The Bertz CT molecular complexity index is 1360. The fourth-order valence-corrected chi connectivity index (χ4v) is 3.57. The molecule has 0 aliphatic heterocycles. The number of phenolic OH excluding ortho intramolecular Hbond substituents is 1. The normalized spacial score (nSPS) is 11.9. The molecular formula is C22H17N3O4S. The van der Waals surface area contributed by atoms with Crippen LogP contribution in [0.3, 0.4) is 0 Å². The Kier molecular flexibility index (Phi) is 4.94. The van der Waals surface area contributed by atoms with Crippen molar-refractivity contribution in [2.45, 2.75) is 4.90 Å². The van der Waals surface area contributed by atoms with Crippen molar-refractivity contribution in [3.8, 4) is 16.9 Å². The summed E-state index contributed by atoms with van der Waals surface area (Å²) in [5.74, 6) is 0.212. The summed E-state index contributed by atoms with van der Waals surface area (Å²) in [5, 5.41) is 19.0. The Morgan fingerprint density at radius 3 is 2.00 bits per heavy atom. The van der Waals surface area contributed by atoms with Crippen LogP contribution in [-0.2, 0) is 10.1 Å². The molecule has 0 saturated heterocycles. The van der Waals surface area contributed by atoms with Gasteiger partial charge in [0.2, 0.25) is 0 Å². The quantitative estimate of drug-likeness (QED) is 0.230. The van der Waals surface area contributed by atoms with E-state index in [0.717, 1.165) is 11.1 Å². The van der Waals surface area contributed by atoms with Crippen LogP contribution < -0.4 is 5.73 Å². The predicted octanol–water partition coefficient (Wildman–Crippen LogP) is 5.46. The van der Waals surface area contributed by atoms with Gasteiger partial charge in [0.1, 0.15) is 5.75 Å². The number of hydrogen-bond donors (Lipinski definition) is 3. The van der Waals surface area contributed by atoms with Gasteiger partial charge in [-0.25, -0.2) is 0 Å². The van der Waals surface area contributed by atoms with E-state index in [9.17, 15) is 18.1 Å². The van der Waals surface area contributed by atoms with E-state index in [0.29, 0.717) is 27.8 Å². The predicted molar refractivity (Wildman–Crippen MR) is 116 cm³/mol. The van der Waals surface area contributed by atoms with Crippen molar-refractivity contribution in [2.24, 2.45) is 10.2 Å². The molecule has 0 spiro atoms. The number of nitrogen functional groups attached to an aromatic ring is 1. The molecule has 0 saturated carbocycles. The molecule has 150 valence electrons. The van der Waals surface area contributed by atoms with Crippen LogP contribution in [0.25, 0.3) is 21.9 Å². The van der Waals surface area contributed by atoms with Crippen LogP contribution in [0.4, 0.5) is 17.1 Å². The summed E-state index contributed by atoms with van der Waals surface area (Å²) in [5.41, 5.74) is 9.43. The summed E-state index contributed by atoms with van der Waals surface area (Å²) < 4.78 is 32.0. The molecule has 8 heteroatoms. The number of fused-ring (bicyclic) bond motifs is 1. The van der Waals surface area contributed by atoms with Gasteiger partial charge in [-0.1, -0.05) is 30.3 Å². The second kappa shape index (κ2) is 7.58. The average Bonchev–Trinajstić information content (AvgIpc) is 2.73. The van der Waals surface area contributed by atoms with Crippen LogP contribution in [0.2, 0.25) is 0 Å². The highest BCUT2D eigenvalue weighted by Crippen LogP contribution is 2.33. The Hall–Kier alpha value is -3.75. The minimum absolute atomic E-state index is 0.212. The van der Waals surface area contributed by atoms with Crippen molar-refractivity contribution in [3.63, 3.8) is 0 Å². The van der Waals surface area contributed by atoms with E-state index in [1.165, 1.54) is 18.2 Å². The second-order valence-electron chi connectivity index (χ2n) is 6.65. The van der Waals surface area contributed by atoms with Gasteiger partial charge in [-0.15, -0.1) is 5.11 Å². The van der Waals surface area contributed by atoms with Crippen LogP contribution in [0.15, 0.2) is 94.0 Å². The lowest BCUT2D eigenvalue weighted by molar-refractivity contribution is 0.475. The molecule has 30 heavy (non-hydrogen) atoms. The summed E-state index contributed by atoms with van der Waals surface area (Å²) in [4.78, 5) is -0.236. The Morgan fingerprint density at radius 2 is 1.37 bits per heavy atom. The molecule has 0 aromatic heterocycles. The monoisotopic (exact) mass is 419 g/mol. The van der Waals surface area contributed by atoms with Gasteiger partial charge >= 0.3 is 0 Å². The van der Waals surface area contributed by atoms with E-state index in [1.54, 1.807) is 24.3 Å². The van der Waals surface area contributed by atoms with Crippen LogP contribution in [0.5, 0.6) is 5.75 Å². The Labute approximate surface area is 172 Å². The highest BCUT2D eigenvalue weighted by molar-refractivity contribution is 7.85. The smallest absolute Gasteiger partial charge is 0.294 e. The first kappa shape index (κ1) is 19.6. The molecular weight excluding hydrogens is 402 g/mol. The molecule has 4 rings (SSSR count). The van der Waals surface area contributed by atoms with Crippen LogP contribution in [-0.4, -0.2) is 18.1 Å². The van der Waals surface area contributed by atoms with Gasteiger partial charge in [0.15, 0.2) is 0 Å². The van der Waals surface area contributed by atoms with Gasteiger partial charge in [0.05, 0.1) is 16.3 Å². The minimum Gasteiger partial charge on any atom is -0.508 e. The summed E-state index contributed by atoms with van der Waals surface area (Å²) in [7, 11) is -4.33. The van der Waals surface area contributed by atoms with Crippen molar-refractivity contribution in [1.29, 1.82) is 0 Å². The molecule has 0 heterocycles. The van der Waals surface area contributed by atoms with Crippen molar-refractivity contribution < 1.29 is 18.1 Å². The molecule has 4 aromatic rings. The molecule has 0 atom stereocenters. The number of benzene rings is 4. The summed E-state index contributed by atoms with van der Waals surface area (Å²) in [6.07, 6.45) is 0. The zero-order valence-electron chi connectivity index (χ0n) is 15.6. The maximum Gasteiger partial charge on any atom is 0.294 e. The number of hydrogen-bond acceptors (Lipinski definition) is 6. The van der Waals surface area contributed by atoms with Crippen molar-refractivity contribution in [1.82, 2.24) is 0 Å². The summed E-state index contributed by atoms with van der Waals surface area (Å²) >= 11 is 0. The van der Waals surface area contributed by atoms with Gasteiger partial charge in [-0.2, -0.15) is 13.5 Å². The van der Waals surface area contributed by atoms with Gasteiger partial charge in [-0.3, -0.25) is 4.55 Å². The molecule has 0 fully saturated rings. The number of anilines is 1. The first-order valence-corrected chi connectivity index (χ1v) is 10.4. The lowest BCUT2D eigenvalue weighted by atomic mass is 10.1. The van der Waals surface area contributed by atoms with E-state index >= 15 is 0 Å². The van der Waals surface area contributed by atoms with E-state index in [2.05, 4.69) is 10.2 Å².